The van der Waals surface area contributed by atoms with Crippen LogP contribution in [0.4, 0.5) is 0 Å². The zero-order chi connectivity index (χ0) is 21.2. The third-order valence-corrected chi connectivity index (χ3v) is 5.64. The van der Waals surface area contributed by atoms with E-state index in [1.165, 1.54) is 5.56 Å². The van der Waals surface area contributed by atoms with E-state index in [1.807, 2.05) is 32.2 Å². The van der Waals surface area contributed by atoms with E-state index in [9.17, 15) is 0 Å². The molecule has 0 saturated carbocycles. The fourth-order valence-electron chi connectivity index (χ4n) is 4.19. The van der Waals surface area contributed by atoms with Crippen molar-refractivity contribution < 1.29 is 0 Å². The molecule has 1 fully saturated rings. The Kier molecular flexibility index (Phi) is 5.44. The molecule has 0 aliphatic carbocycles. The van der Waals surface area contributed by atoms with Gasteiger partial charge >= 0.3 is 0 Å². The highest BCUT2D eigenvalue weighted by atomic mass is 15.2. The fraction of sp³-hybridized carbons (Fsp3) is 0.333. The van der Waals surface area contributed by atoms with E-state index in [2.05, 4.69) is 54.4 Å². The number of H-pyrrole nitrogens is 1. The molecule has 0 radical (unpaired) electrons. The Morgan fingerprint density at radius 3 is 2.68 bits per heavy atom. The molecule has 31 heavy (non-hydrogen) atoms. The molecule has 1 aromatic carbocycles. The summed E-state index contributed by atoms with van der Waals surface area (Å²) in [4.78, 5) is 24.3. The summed E-state index contributed by atoms with van der Waals surface area (Å²) >= 11 is 0. The first kappa shape index (κ1) is 19.8. The predicted octanol–water partition coefficient (Wildman–Crippen LogP) is 3.03. The number of benzene rings is 1. The van der Waals surface area contributed by atoms with Gasteiger partial charge in [0.15, 0.2) is 0 Å². The van der Waals surface area contributed by atoms with Crippen LogP contribution in [0.15, 0.2) is 42.6 Å². The van der Waals surface area contributed by atoms with Crippen molar-refractivity contribution in [3.63, 3.8) is 0 Å². The van der Waals surface area contributed by atoms with Crippen molar-refractivity contribution in [3.8, 4) is 11.3 Å². The second kappa shape index (κ2) is 8.53. The van der Waals surface area contributed by atoms with E-state index in [0.717, 1.165) is 78.1 Å². The van der Waals surface area contributed by atoms with Gasteiger partial charge in [-0.1, -0.05) is 6.07 Å². The lowest BCUT2D eigenvalue weighted by Gasteiger charge is -2.27. The number of aromatic nitrogens is 5. The van der Waals surface area contributed by atoms with E-state index < -0.39 is 0 Å². The Labute approximate surface area is 182 Å². The van der Waals surface area contributed by atoms with Crippen LogP contribution in [0.5, 0.6) is 0 Å². The highest BCUT2D eigenvalue weighted by Crippen LogP contribution is 2.23. The van der Waals surface area contributed by atoms with Crippen molar-refractivity contribution in [3.05, 3.63) is 71.2 Å². The van der Waals surface area contributed by atoms with Gasteiger partial charge in [-0.2, -0.15) is 0 Å². The number of aryl methyl sites for hydroxylation is 2. The molecule has 0 unspecified atom stereocenters. The van der Waals surface area contributed by atoms with E-state index in [4.69, 9.17) is 4.98 Å². The normalized spacial score (nSPS) is 14.9. The van der Waals surface area contributed by atoms with Crippen molar-refractivity contribution in [1.82, 2.24) is 35.1 Å². The molecule has 1 aliphatic heterocycles. The third-order valence-electron chi connectivity index (χ3n) is 5.64. The van der Waals surface area contributed by atoms with E-state index in [0.29, 0.717) is 6.42 Å². The van der Waals surface area contributed by atoms with Crippen LogP contribution in [-0.2, 0) is 13.0 Å². The standard InChI is InChI=1S/C24H27N7/c1-16-11-22(28-17(2)27-16)19-3-4-21-23(13-19)30-24(29-21)14-20-12-18(5-6-26-20)15-31-9-7-25-8-10-31/h3-6,11-13,25H,7-10,14-15H2,1-2H3,(H,29,30). The molecule has 5 rings (SSSR count). The predicted molar refractivity (Wildman–Crippen MR) is 122 cm³/mol. The third kappa shape index (κ3) is 4.62. The average Bonchev–Trinajstić information content (AvgIpc) is 3.15. The molecular weight excluding hydrogens is 386 g/mol. The number of hydrogen-bond acceptors (Lipinski definition) is 6. The summed E-state index contributed by atoms with van der Waals surface area (Å²) in [7, 11) is 0. The van der Waals surface area contributed by atoms with Crippen LogP contribution in [-0.4, -0.2) is 56.0 Å². The van der Waals surface area contributed by atoms with Gasteiger partial charge in [0.2, 0.25) is 0 Å². The zero-order valence-electron chi connectivity index (χ0n) is 18.0. The minimum atomic E-state index is 0.686. The number of rotatable bonds is 5. The van der Waals surface area contributed by atoms with E-state index >= 15 is 0 Å². The van der Waals surface area contributed by atoms with Crippen molar-refractivity contribution in [1.29, 1.82) is 0 Å². The van der Waals surface area contributed by atoms with Crippen LogP contribution in [0, 0.1) is 13.8 Å². The lowest BCUT2D eigenvalue weighted by molar-refractivity contribution is 0.233. The molecule has 1 aliphatic rings. The minimum Gasteiger partial charge on any atom is -0.342 e. The Balaban J connectivity index is 1.35. The Morgan fingerprint density at radius 1 is 0.968 bits per heavy atom. The number of pyridine rings is 1. The van der Waals surface area contributed by atoms with Gasteiger partial charge in [-0.05, 0) is 49.7 Å². The van der Waals surface area contributed by atoms with E-state index in [1.54, 1.807) is 0 Å². The monoisotopic (exact) mass is 413 g/mol. The molecule has 4 aromatic rings. The van der Waals surface area contributed by atoms with Crippen LogP contribution in [0.25, 0.3) is 22.3 Å². The number of piperazine rings is 1. The maximum atomic E-state index is 4.78. The topological polar surface area (TPSA) is 82.6 Å². The minimum absolute atomic E-state index is 0.686. The summed E-state index contributed by atoms with van der Waals surface area (Å²) in [6, 6.07) is 12.6. The molecule has 1 saturated heterocycles. The quantitative estimate of drug-likeness (QED) is 0.523. The van der Waals surface area contributed by atoms with Gasteiger partial charge in [-0.25, -0.2) is 15.0 Å². The lowest BCUT2D eigenvalue weighted by Crippen LogP contribution is -2.42. The van der Waals surface area contributed by atoms with Gasteiger partial charge in [-0.15, -0.1) is 0 Å². The summed E-state index contributed by atoms with van der Waals surface area (Å²) in [5.41, 5.74) is 7.28. The maximum absolute atomic E-state index is 4.78. The second-order valence-electron chi connectivity index (χ2n) is 8.22. The Hall–Kier alpha value is -3.16. The molecule has 4 heterocycles. The molecule has 158 valence electrons. The molecule has 0 amide bonds. The van der Waals surface area contributed by atoms with Crippen molar-refractivity contribution in [2.75, 3.05) is 26.2 Å². The first-order valence-corrected chi connectivity index (χ1v) is 10.8. The molecule has 2 N–H and O–H groups in total. The van der Waals surface area contributed by atoms with Gasteiger partial charge in [0, 0.05) is 62.3 Å². The van der Waals surface area contributed by atoms with Gasteiger partial charge in [0.05, 0.1) is 16.7 Å². The Morgan fingerprint density at radius 2 is 1.84 bits per heavy atom. The van der Waals surface area contributed by atoms with Gasteiger partial charge in [-0.3, -0.25) is 9.88 Å². The second-order valence-corrected chi connectivity index (χ2v) is 8.22. The number of imidazole rings is 1. The molecule has 7 heteroatoms. The first-order valence-electron chi connectivity index (χ1n) is 10.8. The molecule has 0 bridgehead atoms. The first-order chi connectivity index (χ1) is 15.1. The largest absolute Gasteiger partial charge is 0.342 e. The zero-order valence-corrected chi connectivity index (χ0v) is 18.0. The molecule has 0 spiro atoms. The van der Waals surface area contributed by atoms with Crippen LogP contribution in [0.2, 0.25) is 0 Å². The van der Waals surface area contributed by atoms with Gasteiger partial charge in [0.1, 0.15) is 11.6 Å². The maximum Gasteiger partial charge on any atom is 0.126 e. The van der Waals surface area contributed by atoms with Crippen molar-refractivity contribution in [2.45, 2.75) is 26.8 Å². The Bertz CT molecular complexity index is 1190. The molecule has 3 aromatic heterocycles. The number of fused-ring (bicyclic) bond motifs is 1. The number of nitrogens with zero attached hydrogens (tertiary/aromatic N) is 5. The lowest BCUT2D eigenvalue weighted by atomic mass is 10.1. The highest BCUT2D eigenvalue weighted by molar-refractivity contribution is 5.81. The average molecular weight is 414 g/mol. The van der Waals surface area contributed by atoms with Crippen LogP contribution in [0.1, 0.15) is 28.6 Å². The summed E-state index contributed by atoms with van der Waals surface area (Å²) in [5.74, 6) is 1.71. The van der Waals surface area contributed by atoms with Crippen molar-refractivity contribution in [2.24, 2.45) is 0 Å². The van der Waals surface area contributed by atoms with Crippen molar-refractivity contribution >= 4 is 11.0 Å². The summed E-state index contributed by atoms with van der Waals surface area (Å²) in [6.07, 6.45) is 2.60. The SMILES string of the molecule is Cc1cc(-c2ccc3nc(Cc4cc(CN5CCNCC5)ccn4)[nH]c3c2)nc(C)n1. The molecule has 0 atom stereocenters. The number of aromatic amines is 1. The molecule has 7 nitrogen and oxygen atoms in total. The fourth-order valence-corrected chi connectivity index (χ4v) is 4.19. The van der Waals surface area contributed by atoms with E-state index in [-0.39, 0.29) is 0 Å². The highest BCUT2D eigenvalue weighted by Gasteiger charge is 2.12. The number of hydrogen-bond donors (Lipinski definition) is 2. The van der Waals surface area contributed by atoms with Crippen LogP contribution in [0.3, 0.4) is 0 Å². The number of nitrogens with one attached hydrogen (secondary N) is 2. The van der Waals surface area contributed by atoms with Crippen LogP contribution < -0.4 is 5.32 Å². The van der Waals surface area contributed by atoms with Gasteiger partial charge in [0.25, 0.3) is 0 Å². The summed E-state index contributed by atoms with van der Waals surface area (Å²) < 4.78 is 0. The summed E-state index contributed by atoms with van der Waals surface area (Å²) in [6.45, 7) is 9.20. The smallest absolute Gasteiger partial charge is 0.126 e. The van der Waals surface area contributed by atoms with Gasteiger partial charge < -0.3 is 10.3 Å². The van der Waals surface area contributed by atoms with Crippen LogP contribution >= 0.6 is 0 Å². The molecular formula is C24H27N7. The summed E-state index contributed by atoms with van der Waals surface area (Å²) in [5, 5.41) is 3.40.